The van der Waals surface area contributed by atoms with E-state index in [0.29, 0.717) is 36.0 Å². The fraction of sp³-hybridized carbons (Fsp3) is 0.214. The Morgan fingerprint density at radius 1 is 1.03 bits per heavy atom. The van der Waals surface area contributed by atoms with Gasteiger partial charge in [0.05, 0.1) is 23.4 Å². The van der Waals surface area contributed by atoms with Gasteiger partial charge in [0, 0.05) is 0 Å². The minimum Gasteiger partial charge on any atom is -0.490 e. The van der Waals surface area contributed by atoms with Crippen LogP contribution in [0.25, 0.3) is 0 Å². The molecule has 194 valence electrons. The molecule has 0 atom stereocenters. The molecule has 9 heteroatoms. The number of aryl methyl sites for hydroxylation is 2. The summed E-state index contributed by atoms with van der Waals surface area (Å²) in [6, 6.07) is 18.7. The molecular weight excluding hydrogens is 490 g/mol. The van der Waals surface area contributed by atoms with Crippen LogP contribution >= 0.6 is 0 Å². The Hall–Kier alpha value is -4.11. The van der Waals surface area contributed by atoms with Crippen LogP contribution in [0.2, 0.25) is 0 Å². The number of ether oxygens (including phenoxy) is 2. The minimum atomic E-state index is -4.01. The monoisotopic (exact) mass is 521 g/mol. The van der Waals surface area contributed by atoms with Crippen LogP contribution in [0.5, 0.6) is 11.5 Å². The van der Waals surface area contributed by atoms with Crippen LogP contribution in [0, 0.1) is 13.8 Å². The highest BCUT2D eigenvalue weighted by atomic mass is 32.2. The first kappa shape index (κ1) is 27.5. The highest BCUT2D eigenvalue weighted by molar-refractivity contribution is 7.92. The number of benzene rings is 3. The maximum atomic E-state index is 13.5. The Bertz CT molecular complexity index is 1370. The van der Waals surface area contributed by atoms with E-state index >= 15 is 0 Å². The van der Waals surface area contributed by atoms with Crippen LogP contribution in [0.1, 0.15) is 23.6 Å². The van der Waals surface area contributed by atoms with Crippen molar-refractivity contribution in [2.24, 2.45) is 5.10 Å². The maximum Gasteiger partial charge on any atom is 0.264 e. The zero-order valence-electron chi connectivity index (χ0n) is 21.2. The van der Waals surface area contributed by atoms with Gasteiger partial charge in [0.15, 0.2) is 11.5 Å². The molecule has 1 N–H and O–H groups in total. The van der Waals surface area contributed by atoms with Gasteiger partial charge >= 0.3 is 0 Å². The molecule has 1 amide bonds. The molecule has 0 aliphatic heterocycles. The van der Waals surface area contributed by atoms with E-state index < -0.39 is 22.5 Å². The van der Waals surface area contributed by atoms with Crippen LogP contribution < -0.4 is 19.2 Å². The lowest BCUT2D eigenvalue weighted by molar-refractivity contribution is -0.119. The number of hydrogen-bond donors (Lipinski definition) is 1. The van der Waals surface area contributed by atoms with Crippen molar-refractivity contribution in [1.29, 1.82) is 0 Å². The molecule has 8 nitrogen and oxygen atoms in total. The van der Waals surface area contributed by atoms with Crippen LogP contribution in [0.15, 0.2) is 89.4 Å². The quantitative estimate of drug-likeness (QED) is 0.213. The summed E-state index contributed by atoms with van der Waals surface area (Å²) in [5.74, 6) is 0.513. The summed E-state index contributed by atoms with van der Waals surface area (Å²) in [4.78, 5) is 12.9. The summed E-state index contributed by atoms with van der Waals surface area (Å²) in [5, 5.41) is 4.01. The second kappa shape index (κ2) is 12.7. The van der Waals surface area contributed by atoms with Crippen molar-refractivity contribution in [3.63, 3.8) is 0 Å². The van der Waals surface area contributed by atoms with Crippen molar-refractivity contribution in [2.75, 3.05) is 24.1 Å². The molecule has 0 saturated heterocycles. The van der Waals surface area contributed by atoms with Gasteiger partial charge in [-0.25, -0.2) is 13.8 Å². The molecule has 0 saturated carbocycles. The van der Waals surface area contributed by atoms with Gasteiger partial charge in [0.25, 0.3) is 15.9 Å². The summed E-state index contributed by atoms with van der Waals surface area (Å²) < 4.78 is 39.3. The average molecular weight is 522 g/mol. The van der Waals surface area contributed by atoms with E-state index in [4.69, 9.17) is 9.47 Å². The topological polar surface area (TPSA) is 97.3 Å². The molecule has 0 aromatic heterocycles. The standard InChI is InChI=1S/C28H31N3O5S/c1-5-17-36-26-16-13-23(18-27(26)35-6-2)19-29-30-28(32)20-31(25-10-8-7-9-22(25)4)37(33,34)24-14-11-21(3)12-15-24/h5,7-16,18-19H,1,6,17,20H2,2-4H3,(H,30,32)/b29-19-. The number of nitrogens with zero attached hydrogens (tertiary/aromatic N) is 2. The van der Waals surface area contributed by atoms with Crippen LogP contribution in [0.4, 0.5) is 5.69 Å². The second-order valence-corrected chi connectivity index (χ2v) is 10.0. The van der Waals surface area contributed by atoms with Gasteiger partial charge < -0.3 is 9.47 Å². The molecule has 3 aromatic rings. The first-order valence-electron chi connectivity index (χ1n) is 11.7. The normalized spacial score (nSPS) is 11.2. The van der Waals surface area contributed by atoms with Gasteiger partial charge in [-0.15, -0.1) is 0 Å². The molecule has 3 rings (SSSR count). The number of hydrogen-bond acceptors (Lipinski definition) is 6. The Labute approximate surface area is 218 Å². The van der Waals surface area contributed by atoms with Gasteiger partial charge in [-0.3, -0.25) is 9.10 Å². The number of para-hydroxylation sites is 1. The van der Waals surface area contributed by atoms with E-state index in [-0.39, 0.29) is 4.90 Å². The lowest BCUT2D eigenvalue weighted by Gasteiger charge is -2.25. The zero-order chi connectivity index (χ0) is 26.8. The Balaban J connectivity index is 1.80. The van der Waals surface area contributed by atoms with Crippen molar-refractivity contribution < 1.29 is 22.7 Å². The Morgan fingerprint density at radius 3 is 2.43 bits per heavy atom. The predicted molar refractivity (Wildman–Crippen MR) is 146 cm³/mol. The van der Waals surface area contributed by atoms with E-state index in [1.807, 2.05) is 19.9 Å². The van der Waals surface area contributed by atoms with Gasteiger partial charge in [-0.1, -0.05) is 48.6 Å². The fourth-order valence-electron chi connectivity index (χ4n) is 3.47. The van der Waals surface area contributed by atoms with E-state index in [9.17, 15) is 13.2 Å². The number of hydrazone groups is 1. The Kier molecular flexibility index (Phi) is 9.45. The van der Waals surface area contributed by atoms with E-state index in [1.165, 1.54) is 18.3 Å². The summed E-state index contributed by atoms with van der Waals surface area (Å²) in [5.41, 5.74) is 5.15. The third-order valence-electron chi connectivity index (χ3n) is 5.31. The van der Waals surface area contributed by atoms with Crippen molar-refractivity contribution in [3.8, 4) is 11.5 Å². The van der Waals surface area contributed by atoms with Crippen LogP contribution in [-0.4, -0.2) is 40.3 Å². The molecule has 0 aliphatic rings. The number of amides is 1. The first-order chi connectivity index (χ1) is 17.8. The molecule has 0 heterocycles. The zero-order valence-corrected chi connectivity index (χ0v) is 22.0. The lowest BCUT2D eigenvalue weighted by Crippen LogP contribution is -2.40. The van der Waals surface area contributed by atoms with Crippen molar-refractivity contribution in [1.82, 2.24) is 5.43 Å². The van der Waals surface area contributed by atoms with Gasteiger partial charge in [0.2, 0.25) is 0 Å². The molecule has 0 radical (unpaired) electrons. The van der Waals surface area contributed by atoms with E-state index in [2.05, 4.69) is 17.1 Å². The predicted octanol–water partition coefficient (Wildman–Crippen LogP) is 4.61. The molecule has 0 bridgehead atoms. The molecule has 0 fully saturated rings. The maximum absolute atomic E-state index is 13.5. The number of nitrogens with one attached hydrogen (secondary N) is 1. The number of rotatable bonds is 12. The Morgan fingerprint density at radius 2 is 1.76 bits per heavy atom. The van der Waals surface area contributed by atoms with Crippen LogP contribution in [0.3, 0.4) is 0 Å². The average Bonchev–Trinajstić information content (AvgIpc) is 2.88. The first-order valence-corrected chi connectivity index (χ1v) is 13.2. The second-order valence-electron chi connectivity index (χ2n) is 8.14. The van der Waals surface area contributed by atoms with Crippen molar-refractivity contribution in [2.45, 2.75) is 25.7 Å². The number of sulfonamides is 1. The van der Waals surface area contributed by atoms with E-state index in [1.54, 1.807) is 61.5 Å². The van der Waals surface area contributed by atoms with Gasteiger partial charge in [0.1, 0.15) is 13.2 Å². The smallest absolute Gasteiger partial charge is 0.264 e. The summed E-state index contributed by atoms with van der Waals surface area (Å²) in [7, 11) is -4.01. The van der Waals surface area contributed by atoms with Crippen molar-refractivity contribution >= 4 is 27.8 Å². The molecule has 37 heavy (non-hydrogen) atoms. The third kappa shape index (κ3) is 7.20. The SMILES string of the molecule is C=CCOc1ccc(/C=N\NC(=O)CN(c2ccccc2C)S(=O)(=O)c2ccc(C)cc2)cc1OCC. The fourth-order valence-corrected chi connectivity index (χ4v) is 4.95. The highest BCUT2D eigenvalue weighted by Crippen LogP contribution is 2.28. The molecule has 3 aromatic carbocycles. The molecule has 0 aliphatic carbocycles. The summed E-state index contributed by atoms with van der Waals surface area (Å²) in [6.45, 7) is 9.51. The summed E-state index contributed by atoms with van der Waals surface area (Å²) >= 11 is 0. The number of carbonyl (C=O) groups is 1. The van der Waals surface area contributed by atoms with Gasteiger partial charge in [-0.2, -0.15) is 5.10 Å². The molecular formula is C28H31N3O5S. The molecule has 0 unspecified atom stereocenters. The van der Waals surface area contributed by atoms with E-state index in [0.717, 1.165) is 15.4 Å². The number of carbonyl (C=O) groups excluding carboxylic acids is 1. The summed E-state index contributed by atoms with van der Waals surface area (Å²) in [6.07, 6.45) is 3.09. The van der Waals surface area contributed by atoms with Crippen LogP contribution in [-0.2, 0) is 14.8 Å². The third-order valence-corrected chi connectivity index (χ3v) is 7.08. The minimum absolute atomic E-state index is 0.0971. The largest absolute Gasteiger partial charge is 0.490 e. The highest BCUT2D eigenvalue weighted by Gasteiger charge is 2.28. The lowest BCUT2D eigenvalue weighted by atomic mass is 10.2. The van der Waals surface area contributed by atoms with Gasteiger partial charge in [-0.05, 0) is 68.3 Å². The van der Waals surface area contributed by atoms with Crippen molar-refractivity contribution in [3.05, 3.63) is 96.1 Å². The molecule has 0 spiro atoms. The number of anilines is 1.